The molecule has 0 aliphatic rings. The van der Waals surface area contributed by atoms with Crippen LogP contribution in [0.25, 0.3) is 0 Å². The van der Waals surface area contributed by atoms with Crippen LogP contribution in [0.2, 0.25) is 0 Å². The zero-order valence-corrected chi connectivity index (χ0v) is 13.0. The number of nitrogens with one attached hydrogen (secondary N) is 1. The molecule has 0 radical (unpaired) electrons. The maximum atomic E-state index is 12.4. The summed E-state index contributed by atoms with van der Waals surface area (Å²) in [5.74, 6) is 0. The highest BCUT2D eigenvalue weighted by molar-refractivity contribution is 9.10. The van der Waals surface area contributed by atoms with Crippen LogP contribution in [0.15, 0.2) is 39.8 Å². The van der Waals surface area contributed by atoms with Gasteiger partial charge in [-0.3, -0.25) is 5.10 Å². The minimum absolute atomic E-state index is 0.213. The van der Waals surface area contributed by atoms with E-state index in [1.54, 1.807) is 14.0 Å². The SMILES string of the molecule is Cc1[nH]ncc1S(=O)(=O)N(C)Cc1cccc(Br)c1. The van der Waals surface area contributed by atoms with Crippen LogP contribution in [-0.4, -0.2) is 30.0 Å². The number of hydrogen-bond acceptors (Lipinski definition) is 3. The van der Waals surface area contributed by atoms with E-state index in [4.69, 9.17) is 0 Å². The van der Waals surface area contributed by atoms with Crippen molar-refractivity contribution in [2.24, 2.45) is 0 Å². The summed E-state index contributed by atoms with van der Waals surface area (Å²) >= 11 is 3.37. The lowest BCUT2D eigenvalue weighted by Crippen LogP contribution is -2.26. The number of nitrogens with zero attached hydrogens (tertiary/aromatic N) is 2. The van der Waals surface area contributed by atoms with Crippen molar-refractivity contribution in [2.45, 2.75) is 18.4 Å². The van der Waals surface area contributed by atoms with Gasteiger partial charge in [-0.15, -0.1) is 0 Å². The van der Waals surface area contributed by atoms with Gasteiger partial charge in [0.05, 0.1) is 11.9 Å². The van der Waals surface area contributed by atoms with Crippen molar-refractivity contribution in [1.82, 2.24) is 14.5 Å². The van der Waals surface area contributed by atoms with Crippen LogP contribution in [0.3, 0.4) is 0 Å². The molecule has 1 aromatic carbocycles. The summed E-state index contributed by atoms with van der Waals surface area (Å²) in [7, 11) is -1.95. The quantitative estimate of drug-likeness (QED) is 0.926. The van der Waals surface area contributed by atoms with E-state index in [1.807, 2.05) is 24.3 Å². The molecule has 1 heterocycles. The monoisotopic (exact) mass is 343 g/mol. The van der Waals surface area contributed by atoms with Gasteiger partial charge in [-0.25, -0.2) is 8.42 Å². The van der Waals surface area contributed by atoms with E-state index in [2.05, 4.69) is 26.1 Å². The fourth-order valence-electron chi connectivity index (χ4n) is 1.75. The number of H-pyrrole nitrogens is 1. The minimum Gasteiger partial charge on any atom is -0.281 e. The molecule has 0 aliphatic carbocycles. The topological polar surface area (TPSA) is 66.1 Å². The van der Waals surface area contributed by atoms with Crippen LogP contribution in [0.5, 0.6) is 0 Å². The molecule has 2 rings (SSSR count). The van der Waals surface area contributed by atoms with E-state index >= 15 is 0 Å². The van der Waals surface area contributed by atoms with Gasteiger partial charge in [0.25, 0.3) is 0 Å². The second-order valence-corrected chi connectivity index (χ2v) is 7.18. The van der Waals surface area contributed by atoms with Crippen LogP contribution in [0.1, 0.15) is 11.3 Å². The van der Waals surface area contributed by atoms with Crippen molar-refractivity contribution in [3.8, 4) is 0 Å². The molecule has 0 unspecified atom stereocenters. The minimum atomic E-state index is -3.51. The average molecular weight is 344 g/mol. The van der Waals surface area contributed by atoms with Gasteiger partial charge in [-0.05, 0) is 24.6 Å². The molecule has 5 nitrogen and oxygen atoms in total. The number of hydrogen-bond donors (Lipinski definition) is 1. The zero-order valence-electron chi connectivity index (χ0n) is 10.6. The third-order valence-corrected chi connectivity index (χ3v) is 5.18. The van der Waals surface area contributed by atoms with E-state index in [0.29, 0.717) is 12.2 Å². The van der Waals surface area contributed by atoms with E-state index in [-0.39, 0.29) is 4.90 Å². The third-order valence-electron chi connectivity index (χ3n) is 2.77. The predicted molar refractivity (Wildman–Crippen MR) is 76.1 cm³/mol. The molecule has 0 fully saturated rings. The van der Waals surface area contributed by atoms with E-state index in [9.17, 15) is 8.42 Å². The van der Waals surface area contributed by atoms with Gasteiger partial charge in [0.1, 0.15) is 4.90 Å². The first-order chi connectivity index (χ1) is 8.91. The van der Waals surface area contributed by atoms with Crippen molar-refractivity contribution in [2.75, 3.05) is 7.05 Å². The normalized spacial score (nSPS) is 12.0. The summed E-state index contributed by atoms with van der Waals surface area (Å²) in [6, 6.07) is 7.56. The second-order valence-electron chi connectivity index (χ2n) is 4.25. The van der Waals surface area contributed by atoms with E-state index in [1.165, 1.54) is 10.5 Å². The first-order valence-corrected chi connectivity index (χ1v) is 7.85. The molecule has 1 aromatic heterocycles. The van der Waals surface area contributed by atoms with Gasteiger partial charge < -0.3 is 0 Å². The Hall–Kier alpha value is -1.18. The number of sulfonamides is 1. The largest absolute Gasteiger partial charge is 0.281 e. The summed E-state index contributed by atoms with van der Waals surface area (Å²) in [6.45, 7) is 2.00. The Morgan fingerprint density at radius 2 is 2.16 bits per heavy atom. The van der Waals surface area contributed by atoms with Crippen molar-refractivity contribution in [3.63, 3.8) is 0 Å². The lowest BCUT2D eigenvalue weighted by Gasteiger charge is -2.16. The van der Waals surface area contributed by atoms with Gasteiger partial charge in [-0.2, -0.15) is 9.40 Å². The number of aromatic amines is 1. The molecule has 0 amide bonds. The average Bonchev–Trinajstić information content (AvgIpc) is 2.76. The van der Waals surface area contributed by atoms with Gasteiger partial charge in [0, 0.05) is 18.1 Å². The van der Waals surface area contributed by atoms with Crippen LogP contribution in [0, 0.1) is 6.92 Å². The van der Waals surface area contributed by atoms with Gasteiger partial charge >= 0.3 is 0 Å². The highest BCUT2D eigenvalue weighted by Gasteiger charge is 2.24. The summed E-state index contributed by atoms with van der Waals surface area (Å²) in [5.41, 5.74) is 1.46. The molecule has 0 spiro atoms. The van der Waals surface area contributed by atoms with Gasteiger partial charge in [0.2, 0.25) is 10.0 Å². The number of halogens is 1. The van der Waals surface area contributed by atoms with E-state index < -0.39 is 10.0 Å². The fourth-order valence-corrected chi connectivity index (χ4v) is 3.46. The number of rotatable bonds is 4. The first kappa shape index (κ1) is 14.2. The molecule has 2 aromatic rings. The Balaban J connectivity index is 2.25. The number of aromatic nitrogens is 2. The molecule has 7 heteroatoms. The predicted octanol–water partition coefficient (Wildman–Crippen LogP) is 2.30. The van der Waals surface area contributed by atoms with Crippen molar-refractivity contribution in [3.05, 3.63) is 46.2 Å². The molecule has 0 saturated heterocycles. The first-order valence-electron chi connectivity index (χ1n) is 5.62. The summed E-state index contributed by atoms with van der Waals surface area (Å²) < 4.78 is 27.0. The van der Waals surface area contributed by atoms with Crippen molar-refractivity contribution >= 4 is 26.0 Å². The number of aryl methyl sites for hydroxylation is 1. The maximum Gasteiger partial charge on any atom is 0.246 e. The molecule has 1 N–H and O–H groups in total. The smallest absolute Gasteiger partial charge is 0.246 e. The van der Waals surface area contributed by atoms with Crippen molar-refractivity contribution < 1.29 is 8.42 Å². The Morgan fingerprint density at radius 3 is 2.74 bits per heavy atom. The van der Waals surface area contributed by atoms with E-state index in [0.717, 1.165) is 10.0 Å². The summed E-state index contributed by atoms with van der Waals surface area (Å²) in [5, 5.41) is 6.39. The Kier molecular flexibility index (Phi) is 4.07. The summed E-state index contributed by atoms with van der Waals surface area (Å²) in [6.07, 6.45) is 1.34. The lowest BCUT2D eigenvalue weighted by atomic mass is 10.2. The molecule has 0 atom stereocenters. The highest BCUT2D eigenvalue weighted by atomic mass is 79.9. The summed E-state index contributed by atoms with van der Waals surface area (Å²) in [4.78, 5) is 0.213. The Labute approximate surface area is 120 Å². The second kappa shape index (κ2) is 5.44. The molecule has 0 aliphatic heterocycles. The van der Waals surface area contributed by atoms with Crippen LogP contribution >= 0.6 is 15.9 Å². The van der Waals surface area contributed by atoms with Crippen LogP contribution in [0.4, 0.5) is 0 Å². The highest BCUT2D eigenvalue weighted by Crippen LogP contribution is 2.19. The van der Waals surface area contributed by atoms with Crippen molar-refractivity contribution in [1.29, 1.82) is 0 Å². The van der Waals surface area contributed by atoms with Gasteiger partial charge in [0.15, 0.2) is 0 Å². The number of benzene rings is 1. The van der Waals surface area contributed by atoms with Crippen LogP contribution < -0.4 is 0 Å². The lowest BCUT2D eigenvalue weighted by molar-refractivity contribution is 0.466. The molecule has 0 saturated carbocycles. The molecular weight excluding hydrogens is 330 g/mol. The Bertz CT molecular complexity index is 682. The third kappa shape index (κ3) is 3.05. The van der Waals surface area contributed by atoms with Crippen LogP contribution in [-0.2, 0) is 16.6 Å². The standard InChI is InChI=1S/C12H14BrN3O2S/c1-9-12(7-14-15-9)19(17,18)16(2)8-10-4-3-5-11(13)6-10/h3-7H,8H2,1-2H3,(H,14,15). The molecule has 19 heavy (non-hydrogen) atoms. The van der Waals surface area contributed by atoms with Gasteiger partial charge in [-0.1, -0.05) is 28.1 Å². The molecule has 0 bridgehead atoms. The molecular formula is C12H14BrN3O2S. The Morgan fingerprint density at radius 1 is 1.42 bits per heavy atom. The zero-order chi connectivity index (χ0) is 14.0. The maximum absolute atomic E-state index is 12.4. The fraction of sp³-hybridized carbons (Fsp3) is 0.250. The molecule has 102 valence electrons.